The predicted octanol–water partition coefficient (Wildman–Crippen LogP) is 5.88. The number of nitro groups is 1. The summed E-state index contributed by atoms with van der Waals surface area (Å²) in [5.74, 6) is 0.706. The van der Waals surface area contributed by atoms with Crippen LogP contribution >= 0.6 is 15.9 Å². The molecule has 0 fully saturated rings. The standard InChI is InChI=1S/C17H26BrNO3/c18-14-8-6-4-2-1-3-5-7-9-15-22-17-12-10-16(11-13-17)19(20)21/h10-13H,1-9,14-15H2. The molecule has 0 bridgehead atoms. The van der Waals surface area contributed by atoms with E-state index in [1.807, 2.05) is 0 Å². The van der Waals surface area contributed by atoms with Gasteiger partial charge >= 0.3 is 0 Å². The fraction of sp³-hybridized carbons (Fsp3) is 0.647. The SMILES string of the molecule is O=[N+]([O-])c1ccc(OCCCCCCCCCCCBr)cc1. The molecule has 22 heavy (non-hydrogen) atoms. The van der Waals surface area contributed by atoms with Crippen LogP contribution in [0.1, 0.15) is 57.8 Å². The summed E-state index contributed by atoms with van der Waals surface area (Å²) in [5.41, 5.74) is 0.100. The van der Waals surface area contributed by atoms with Crippen molar-refractivity contribution in [3.05, 3.63) is 34.4 Å². The van der Waals surface area contributed by atoms with E-state index in [4.69, 9.17) is 4.74 Å². The third-order valence-corrected chi connectivity index (χ3v) is 4.15. The quantitative estimate of drug-likeness (QED) is 0.188. The first kappa shape index (κ1) is 18.9. The van der Waals surface area contributed by atoms with Gasteiger partial charge in [-0.3, -0.25) is 10.1 Å². The van der Waals surface area contributed by atoms with Crippen LogP contribution in [-0.2, 0) is 0 Å². The molecule has 0 heterocycles. The van der Waals surface area contributed by atoms with Crippen molar-refractivity contribution in [2.75, 3.05) is 11.9 Å². The summed E-state index contributed by atoms with van der Waals surface area (Å²) in [7, 11) is 0. The van der Waals surface area contributed by atoms with Gasteiger partial charge in [0.15, 0.2) is 0 Å². The minimum absolute atomic E-state index is 0.100. The van der Waals surface area contributed by atoms with Crippen LogP contribution in [0.3, 0.4) is 0 Å². The Bertz CT molecular complexity index is 409. The molecule has 5 heteroatoms. The average molecular weight is 372 g/mol. The summed E-state index contributed by atoms with van der Waals surface area (Å²) < 4.78 is 5.59. The molecular weight excluding hydrogens is 346 g/mol. The Morgan fingerprint density at radius 2 is 1.36 bits per heavy atom. The fourth-order valence-electron chi connectivity index (χ4n) is 2.29. The average Bonchev–Trinajstić information content (AvgIpc) is 2.53. The highest BCUT2D eigenvalue weighted by atomic mass is 79.9. The maximum atomic E-state index is 10.5. The summed E-state index contributed by atoms with van der Waals surface area (Å²) in [5, 5.41) is 11.7. The van der Waals surface area contributed by atoms with Gasteiger partial charge in [0, 0.05) is 17.5 Å². The Hall–Kier alpha value is -1.10. The van der Waals surface area contributed by atoms with E-state index in [-0.39, 0.29) is 5.69 Å². The zero-order valence-electron chi connectivity index (χ0n) is 13.1. The van der Waals surface area contributed by atoms with E-state index in [2.05, 4.69) is 15.9 Å². The topological polar surface area (TPSA) is 52.4 Å². The van der Waals surface area contributed by atoms with Gasteiger partial charge in [-0.25, -0.2) is 0 Å². The molecule has 0 N–H and O–H groups in total. The number of unbranched alkanes of at least 4 members (excludes halogenated alkanes) is 8. The van der Waals surface area contributed by atoms with Gasteiger partial charge < -0.3 is 4.74 Å². The van der Waals surface area contributed by atoms with Gasteiger partial charge in [0.2, 0.25) is 0 Å². The van der Waals surface area contributed by atoms with E-state index < -0.39 is 4.92 Å². The summed E-state index contributed by atoms with van der Waals surface area (Å²) in [4.78, 5) is 10.1. The van der Waals surface area contributed by atoms with Crippen molar-refractivity contribution < 1.29 is 9.66 Å². The van der Waals surface area contributed by atoms with Crippen LogP contribution in [0.5, 0.6) is 5.75 Å². The van der Waals surface area contributed by atoms with Crippen LogP contribution in [-0.4, -0.2) is 16.9 Å². The summed E-state index contributed by atoms with van der Waals surface area (Å²) >= 11 is 3.45. The second kappa shape index (κ2) is 12.4. The van der Waals surface area contributed by atoms with Crippen LogP contribution in [0.4, 0.5) is 5.69 Å². The van der Waals surface area contributed by atoms with Gasteiger partial charge in [-0.05, 0) is 25.0 Å². The Morgan fingerprint density at radius 3 is 1.86 bits per heavy atom. The third-order valence-electron chi connectivity index (χ3n) is 3.59. The molecule has 4 nitrogen and oxygen atoms in total. The number of alkyl halides is 1. The summed E-state index contributed by atoms with van der Waals surface area (Å²) in [6.07, 6.45) is 11.5. The minimum atomic E-state index is -0.399. The second-order valence-electron chi connectivity index (χ2n) is 5.47. The molecule has 0 aliphatic heterocycles. The van der Waals surface area contributed by atoms with E-state index >= 15 is 0 Å². The molecule has 0 aliphatic carbocycles. The first-order valence-corrected chi connectivity index (χ1v) is 9.29. The van der Waals surface area contributed by atoms with Crippen molar-refractivity contribution in [1.29, 1.82) is 0 Å². The maximum absolute atomic E-state index is 10.5. The first-order valence-electron chi connectivity index (χ1n) is 8.17. The molecule has 0 saturated heterocycles. The molecular formula is C17H26BrNO3. The largest absolute Gasteiger partial charge is 0.494 e. The van der Waals surface area contributed by atoms with E-state index in [1.165, 1.54) is 63.5 Å². The number of non-ortho nitro benzene ring substituents is 1. The van der Waals surface area contributed by atoms with Crippen molar-refractivity contribution in [3.8, 4) is 5.75 Å². The molecule has 0 atom stereocenters. The highest BCUT2D eigenvalue weighted by Gasteiger charge is 2.03. The van der Waals surface area contributed by atoms with Crippen LogP contribution < -0.4 is 4.74 Å². The molecule has 1 rings (SSSR count). The number of nitro benzene ring substituents is 1. The number of hydrogen-bond donors (Lipinski definition) is 0. The first-order chi connectivity index (χ1) is 10.7. The Balaban J connectivity index is 1.94. The molecule has 0 saturated carbocycles. The van der Waals surface area contributed by atoms with Gasteiger partial charge in [0.25, 0.3) is 5.69 Å². The van der Waals surface area contributed by atoms with Crippen molar-refractivity contribution in [1.82, 2.24) is 0 Å². The summed E-state index contributed by atoms with van der Waals surface area (Å²) in [6, 6.07) is 6.27. The van der Waals surface area contributed by atoms with Crippen molar-refractivity contribution in [2.45, 2.75) is 57.8 Å². The van der Waals surface area contributed by atoms with Crippen LogP contribution in [0.15, 0.2) is 24.3 Å². The predicted molar refractivity (Wildman–Crippen MR) is 93.9 cm³/mol. The van der Waals surface area contributed by atoms with Crippen molar-refractivity contribution in [2.24, 2.45) is 0 Å². The molecule has 0 spiro atoms. The lowest BCUT2D eigenvalue weighted by atomic mass is 10.1. The number of nitrogens with zero attached hydrogens (tertiary/aromatic N) is 1. The Kier molecular flexibility index (Phi) is 10.7. The Labute approximate surface area is 141 Å². The van der Waals surface area contributed by atoms with Gasteiger partial charge in [-0.2, -0.15) is 0 Å². The van der Waals surface area contributed by atoms with Crippen molar-refractivity contribution in [3.63, 3.8) is 0 Å². The lowest BCUT2D eigenvalue weighted by Crippen LogP contribution is -1.97. The van der Waals surface area contributed by atoms with Gasteiger partial charge in [-0.15, -0.1) is 0 Å². The normalized spacial score (nSPS) is 10.6. The molecule has 0 radical (unpaired) electrons. The van der Waals surface area contributed by atoms with Gasteiger partial charge in [0.05, 0.1) is 11.5 Å². The number of hydrogen-bond acceptors (Lipinski definition) is 3. The molecule has 1 aromatic rings. The van der Waals surface area contributed by atoms with Gasteiger partial charge in [-0.1, -0.05) is 60.9 Å². The number of ether oxygens (including phenoxy) is 1. The third kappa shape index (κ3) is 9.03. The number of rotatable bonds is 13. The smallest absolute Gasteiger partial charge is 0.269 e. The zero-order chi connectivity index (χ0) is 16.0. The lowest BCUT2D eigenvalue weighted by Gasteiger charge is -2.06. The lowest BCUT2D eigenvalue weighted by molar-refractivity contribution is -0.384. The molecule has 1 aromatic carbocycles. The molecule has 124 valence electrons. The van der Waals surface area contributed by atoms with Crippen LogP contribution in [0, 0.1) is 10.1 Å². The van der Waals surface area contributed by atoms with E-state index in [0.717, 1.165) is 11.8 Å². The summed E-state index contributed by atoms with van der Waals surface area (Å²) in [6.45, 7) is 0.684. The number of benzene rings is 1. The van der Waals surface area contributed by atoms with Gasteiger partial charge in [0.1, 0.15) is 5.75 Å². The van der Waals surface area contributed by atoms with Crippen LogP contribution in [0.2, 0.25) is 0 Å². The zero-order valence-corrected chi connectivity index (χ0v) is 14.7. The highest BCUT2D eigenvalue weighted by molar-refractivity contribution is 9.09. The number of halogens is 1. The molecule has 0 amide bonds. The minimum Gasteiger partial charge on any atom is -0.494 e. The Morgan fingerprint density at radius 1 is 0.864 bits per heavy atom. The fourth-order valence-corrected chi connectivity index (χ4v) is 2.68. The molecule has 0 unspecified atom stereocenters. The second-order valence-corrected chi connectivity index (χ2v) is 6.26. The monoisotopic (exact) mass is 371 g/mol. The van der Waals surface area contributed by atoms with Crippen molar-refractivity contribution >= 4 is 21.6 Å². The molecule has 0 aliphatic rings. The maximum Gasteiger partial charge on any atom is 0.269 e. The highest BCUT2D eigenvalue weighted by Crippen LogP contribution is 2.17. The van der Waals surface area contributed by atoms with E-state index in [1.54, 1.807) is 12.1 Å². The van der Waals surface area contributed by atoms with E-state index in [0.29, 0.717) is 12.4 Å². The van der Waals surface area contributed by atoms with E-state index in [9.17, 15) is 10.1 Å². The van der Waals surface area contributed by atoms with Crippen LogP contribution in [0.25, 0.3) is 0 Å². The molecule has 0 aromatic heterocycles.